The van der Waals surface area contributed by atoms with Crippen molar-refractivity contribution < 1.29 is 0 Å². The van der Waals surface area contributed by atoms with E-state index in [0.717, 1.165) is 23.3 Å². The van der Waals surface area contributed by atoms with Gasteiger partial charge in [-0.1, -0.05) is 50.1 Å². The van der Waals surface area contributed by atoms with Crippen LogP contribution in [0.2, 0.25) is 0 Å². The van der Waals surface area contributed by atoms with Crippen LogP contribution in [0.4, 0.5) is 0 Å². The summed E-state index contributed by atoms with van der Waals surface area (Å²) >= 11 is 0. The van der Waals surface area contributed by atoms with Crippen molar-refractivity contribution in [1.82, 2.24) is 9.97 Å². The first-order valence-corrected chi connectivity index (χ1v) is 7.20. The molecule has 1 atom stereocenters. The number of rotatable bonds is 4. The third-order valence-electron chi connectivity index (χ3n) is 3.78. The van der Waals surface area contributed by atoms with Gasteiger partial charge in [0.15, 0.2) is 0 Å². The van der Waals surface area contributed by atoms with Crippen molar-refractivity contribution in [2.45, 2.75) is 32.6 Å². The fraction of sp³-hybridized carbons (Fsp3) is 0.353. The van der Waals surface area contributed by atoms with Crippen molar-refractivity contribution >= 4 is 16.6 Å². The van der Waals surface area contributed by atoms with E-state index in [0.29, 0.717) is 5.92 Å². The molecule has 0 bridgehead atoms. The van der Waals surface area contributed by atoms with Crippen molar-refractivity contribution in [2.24, 2.45) is 5.92 Å². The van der Waals surface area contributed by atoms with Gasteiger partial charge in [0, 0.05) is 5.57 Å². The zero-order valence-electron chi connectivity index (χ0n) is 11.4. The summed E-state index contributed by atoms with van der Waals surface area (Å²) < 4.78 is 0. The van der Waals surface area contributed by atoms with Gasteiger partial charge in [0.1, 0.15) is 5.82 Å². The molecule has 2 aromatic rings. The van der Waals surface area contributed by atoms with Gasteiger partial charge in [0.2, 0.25) is 0 Å². The second-order valence-corrected chi connectivity index (χ2v) is 5.26. The molecule has 0 saturated carbocycles. The summed E-state index contributed by atoms with van der Waals surface area (Å²) in [6, 6.07) is 8.18. The zero-order chi connectivity index (χ0) is 13.1. The van der Waals surface area contributed by atoms with Crippen LogP contribution in [0.3, 0.4) is 0 Å². The van der Waals surface area contributed by atoms with E-state index in [9.17, 15) is 0 Å². The molecule has 1 heterocycles. The third kappa shape index (κ3) is 2.62. The fourth-order valence-electron chi connectivity index (χ4n) is 2.61. The number of aromatic nitrogens is 2. The number of H-pyrrole nitrogens is 1. The average Bonchev–Trinajstić information content (AvgIpc) is 2.89. The average molecular weight is 252 g/mol. The van der Waals surface area contributed by atoms with Crippen LogP contribution in [0.15, 0.2) is 42.5 Å². The SMILES string of the molecule is CCCCC1C=CC(c2nc3ccccc3[nH]2)=CC1. The number of unbranched alkanes of at least 4 members (excludes halogenated alkanes) is 1. The number of hydrogen-bond donors (Lipinski definition) is 1. The minimum Gasteiger partial charge on any atom is -0.338 e. The first-order chi connectivity index (χ1) is 9.36. The molecule has 1 aromatic carbocycles. The van der Waals surface area contributed by atoms with Gasteiger partial charge < -0.3 is 4.98 Å². The summed E-state index contributed by atoms with van der Waals surface area (Å²) in [5, 5.41) is 0. The molecule has 0 radical (unpaired) electrons. The second-order valence-electron chi connectivity index (χ2n) is 5.26. The molecule has 1 aliphatic carbocycles. The predicted octanol–water partition coefficient (Wildman–Crippen LogP) is 4.71. The molecule has 2 heteroatoms. The number of benzene rings is 1. The molecule has 1 N–H and O–H groups in total. The van der Waals surface area contributed by atoms with Crippen molar-refractivity contribution in [3.05, 3.63) is 48.3 Å². The van der Waals surface area contributed by atoms with E-state index in [1.807, 2.05) is 18.2 Å². The molecule has 0 fully saturated rings. The van der Waals surface area contributed by atoms with E-state index in [4.69, 9.17) is 0 Å². The molecule has 3 rings (SSSR count). The Labute approximate surface area is 114 Å². The van der Waals surface area contributed by atoms with Crippen molar-refractivity contribution in [3.8, 4) is 0 Å². The minimum absolute atomic E-state index is 0.716. The maximum absolute atomic E-state index is 4.65. The van der Waals surface area contributed by atoms with Crippen LogP contribution in [0.25, 0.3) is 16.6 Å². The monoisotopic (exact) mass is 252 g/mol. The maximum atomic E-state index is 4.65. The first kappa shape index (κ1) is 12.2. The molecule has 1 aromatic heterocycles. The van der Waals surface area contributed by atoms with Gasteiger partial charge in [-0.25, -0.2) is 4.98 Å². The van der Waals surface area contributed by atoms with Crippen LogP contribution >= 0.6 is 0 Å². The normalized spacial score (nSPS) is 18.8. The summed E-state index contributed by atoms with van der Waals surface area (Å²) in [6.45, 7) is 2.25. The largest absolute Gasteiger partial charge is 0.338 e. The van der Waals surface area contributed by atoms with Crippen LogP contribution < -0.4 is 0 Å². The highest BCUT2D eigenvalue weighted by Crippen LogP contribution is 2.26. The van der Waals surface area contributed by atoms with E-state index < -0.39 is 0 Å². The Hall–Kier alpha value is -1.83. The topological polar surface area (TPSA) is 28.7 Å². The lowest BCUT2D eigenvalue weighted by atomic mass is 9.92. The van der Waals surface area contributed by atoms with Crippen molar-refractivity contribution in [3.63, 3.8) is 0 Å². The highest BCUT2D eigenvalue weighted by molar-refractivity contribution is 5.81. The van der Waals surface area contributed by atoms with Crippen molar-refractivity contribution in [2.75, 3.05) is 0 Å². The summed E-state index contributed by atoms with van der Waals surface area (Å²) in [4.78, 5) is 8.04. The lowest BCUT2D eigenvalue weighted by molar-refractivity contribution is 0.558. The summed E-state index contributed by atoms with van der Waals surface area (Å²) in [5.74, 6) is 1.71. The van der Waals surface area contributed by atoms with E-state index in [1.54, 1.807) is 0 Å². The second kappa shape index (κ2) is 5.43. The Balaban J connectivity index is 1.77. The standard InChI is InChI=1S/C17H20N2/c1-2-3-6-13-9-11-14(12-10-13)17-18-15-7-4-5-8-16(15)19-17/h4-5,7-9,11-13H,2-3,6,10H2,1H3,(H,18,19). The van der Waals surface area contributed by atoms with Crippen LogP contribution in [-0.4, -0.2) is 9.97 Å². The molecular formula is C17H20N2. The molecule has 0 saturated heterocycles. The number of aromatic amines is 1. The molecule has 0 aliphatic heterocycles. The molecule has 1 unspecified atom stereocenters. The summed E-state index contributed by atoms with van der Waals surface area (Å²) in [6.07, 6.45) is 11.9. The number of hydrogen-bond acceptors (Lipinski definition) is 1. The number of fused-ring (bicyclic) bond motifs is 1. The maximum Gasteiger partial charge on any atom is 0.138 e. The van der Waals surface area contributed by atoms with Crippen LogP contribution in [0.1, 0.15) is 38.4 Å². The quantitative estimate of drug-likeness (QED) is 0.838. The van der Waals surface area contributed by atoms with Crippen LogP contribution in [-0.2, 0) is 0 Å². The summed E-state index contributed by atoms with van der Waals surface area (Å²) in [5.41, 5.74) is 3.38. The lowest BCUT2D eigenvalue weighted by Crippen LogP contribution is -2.00. The number of imidazole rings is 1. The van der Waals surface area contributed by atoms with Crippen LogP contribution in [0, 0.1) is 5.92 Å². The fourth-order valence-corrected chi connectivity index (χ4v) is 2.61. The smallest absolute Gasteiger partial charge is 0.138 e. The predicted molar refractivity (Wildman–Crippen MR) is 80.8 cm³/mol. The molecule has 0 spiro atoms. The van der Waals surface area contributed by atoms with Gasteiger partial charge >= 0.3 is 0 Å². The molecular weight excluding hydrogens is 232 g/mol. The number of para-hydroxylation sites is 2. The van der Waals surface area contributed by atoms with E-state index in [1.165, 1.54) is 24.8 Å². The van der Waals surface area contributed by atoms with Gasteiger partial charge in [-0.05, 0) is 30.9 Å². The van der Waals surface area contributed by atoms with Crippen molar-refractivity contribution in [1.29, 1.82) is 0 Å². The Kier molecular flexibility index (Phi) is 3.49. The Morgan fingerprint density at radius 3 is 2.95 bits per heavy atom. The molecule has 2 nitrogen and oxygen atoms in total. The zero-order valence-corrected chi connectivity index (χ0v) is 11.4. The third-order valence-corrected chi connectivity index (χ3v) is 3.78. The lowest BCUT2D eigenvalue weighted by Gasteiger charge is -2.14. The number of nitrogens with one attached hydrogen (secondary N) is 1. The molecule has 1 aliphatic rings. The van der Waals surface area contributed by atoms with E-state index in [-0.39, 0.29) is 0 Å². The van der Waals surface area contributed by atoms with Gasteiger partial charge in [-0.3, -0.25) is 0 Å². The Morgan fingerprint density at radius 1 is 1.32 bits per heavy atom. The van der Waals surface area contributed by atoms with Crippen LogP contribution in [0.5, 0.6) is 0 Å². The van der Waals surface area contributed by atoms with E-state index in [2.05, 4.69) is 41.2 Å². The Bertz CT molecular complexity index is 586. The van der Waals surface area contributed by atoms with Gasteiger partial charge in [0.05, 0.1) is 11.0 Å². The number of nitrogens with zero attached hydrogens (tertiary/aromatic N) is 1. The highest BCUT2D eigenvalue weighted by atomic mass is 14.9. The van der Waals surface area contributed by atoms with Gasteiger partial charge in [-0.15, -0.1) is 0 Å². The molecule has 19 heavy (non-hydrogen) atoms. The highest BCUT2D eigenvalue weighted by Gasteiger charge is 2.11. The number of allylic oxidation sites excluding steroid dienone is 4. The van der Waals surface area contributed by atoms with Gasteiger partial charge in [-0.2, -0.15) is 0 Å². The minimum atomic E-state index is 0.716. The molecule has 98 valence electrons. The summed E-state index contributed by atoms with van der Waals surface area (Å²) in [7, 11) is 0. The molecule has 0 amide bonds. The van der Waals surface area contributed by atoms with Gasteiger partial charge in [0.25, 0.3) is 0 Å². The first-order valence-electron chi connectivity index (χ1n) is 7.20. The van der Waals surface area contributed by atoms with E-state index >= 15 is 0 Å². The Morgan fingerprint density at radius 2 is 2.21 bits per heavy atom.